The minimum Gasteiger partial charge on any atom is -0.0533 e. The normalized spacial score (nSPS) is 27.7. The molecule has 0 atom stereocenters. The van der Waals surface area contributed by atoms with Gasteiger partial charge < -0.3 is 0 Å². The second-order valence-corrected chi connectivity index (χ2v) is 4.84. The first-order chi connectivity index (χ1) is 6.45. The van der Waals surface area contributed by atoms with Crippen molar-refractivity contribution in [1.29, 1.82) is 0 Å². The average molecular weight is 178 g/mol. The van der Waals surface area contributed by atoms with Crippen LogP contribution in [0.15, 0.2) is 0 Å². The Kier molecular flexibility index (Phi) is 3.69. The summed E-state index contributed by atoms with van der Waals surface area (Å²) in [5.41, 5.74) is 0. The summed E-state index contributed by atoms with van der Waals surface area (Å²) in [5, 5.41) is 0. The summed E-state index contributed by atoms with van der Waals surface area (Å²) in [6.45, 7) is 0. The maximum absolute atomic E-state index is 3.86. The minimum atomic E-state index is 0.872. The molecule has 0 heteroatoms. The highest BCUT2D eigenvalue weighted by Gasteiger charge is 2.20. The van der Waals surface area contributed by atoms with E-state index in [1.54, 1.807) is 0 Å². The highest BCUT2D eigenvalue weighted by molar-refractivity contribution is 4.86. The molecule has 0 amide bonds. The van der Waals surface area contributed by atoms with Gasteiger partial charge in [-0.25, -0.2) is 0 Å². The Morgan fingerprint density at radius 2 is 0.923 bits per heavy atom. The molecule has 74 valence electrons. The molecule has 2 saturated carbocycles. The van der Waals surface area contributed by atoms with Crippen LogP contribution in [-0.4, -0.2) is 0 Å². The zero-order chi connectivity index (χ0) is 8.93. The average Bonchev–Trinajstić information content (AvgIpc) is 2.21. The first-order valence-electron chi connectivity index (χ1n) is 6.21. The lowest BCUT2D eigenvalue weighted by atomic mass is 9.78. The molecule has 0 aliphatic heterocycles. The number of rotatable bonds is 2. The first-order valence-corrected chi connectivity index (χ1v) is 6.21. The molecule has 0 N–H and O–H groups in total. The molecule has 0 bridgehead atoms. The standard InChI is InChI=1S/C13H22/c1-3-7-12(8-4-1)11-13-9-5-2-6-10-13/h12-13H,1-10H2. The summed E-state index contributed by atoms with van der Waals surface area (Å²) in [5.74, 6) is 1.74. The Morgan fingerprint density at radius 3 is 1.31 bits per heavy atom. The van der Waals surface area contributed by atoms with Crippen molar-refractivity contribution in [2.24, 2.45) is 11.8 Å². The van der Waals surface area contributed by atoms with Crippen molar-refractivity contribution in [1.82, 2.24) is 0 Å². The maximum Gasteiger partial charge on any atom is -0.0106 e. The van der Waals surface area contributed by atoms with Gasteiger partial charge in [-0.1, -0.05) is 38.5 Å². The maximum atomic E-state index is 3.86. The van der Waals surface area contributed by atoms with Crippen LogP contribution in [0, 0.1) is 18.3 Å². The van der Waals surface area contributed by atoms with Gasteiger partial charge in [-0.15, -0.1) is 0 Å². The van der Waals surface area contributed by atoms with E-state index in [9.17, 15) is 0 Å². The van der Waals surface area contributed by atoms with Gasteiger partial charge in [0.2, 0.25) is 0 Å². The third-order valence-corrected chi connectivity index (χ3v) is 3.68. The molecule has 0 nitrogen and oxygen atoms in total. The van der Waals surface area contributed by atoms with Crippen LogP contribution in [0.5, 0.6) is 0 Å². The summed E-state index contributed by atoms with van der Waals surface area (Å²) in [6, 6.07) is 0. The van der Waals surface area contributed by atoms with Gasteiger partial charge in [0.15, 0.2) is 0 Å². The molecule has 2 rings (SSSR count). The second kappa shape index (κ2) is 5.02. The van der Waals surface area contributed by atoms with E-state index in [2.05, 4.69) is 6.42 Å². The van der Waals surface area contributed by atoms with Gasteiger partial charge in [-0.3, -0.25) is 0 Å². The minimum absolute atomic E-state index is 0.872. The van der Waals surface area contributed by atoms with E-state index in [4.69, 9.17) is 0 Å². The van der Waals surface area contributed by atoms with Crippen molar-refractivity contribution >= 4 is 0 Å². The SMILES string of the molecule is [C](C1CCCCC1)C1CCCCC1. The van der Waals surface area contributed by atoms with Crippen LogP contribution in [0.2, 0.25) is 0 Å². The lowest BCUT2D eigenvalue weighted by molar-refractivity contribution is 0.319. The fourth-order valence-corrected chi connectivity index (χ4v) is 2.87. The van der Waals surface area contributed by atoms with Crippen LogP contribution in [0.1, 0.15) is 64.2 Å². The monoisotopic (exact) mass is 178 g/mol. The first kappa shape index (κ1) is 9.55. The Bertz CT molecular complexity index is 111. The predicted octanol–water partition coefficient (Wildman–Crippen LogP) is 4.23. The Morgan fingerprint density at radius 1 is 0.538 bits per heavy atom. The van der Waals surface area contributed by atoms with Crippen LogP contribution in [-0.2, 0) is 0 Å². The van der Waals surface area contributed by atoms with E-state index in [1.807, 2.05) is 0 Å². The van der Waals surface area contributed by atoms with Crippen molar-refractivity contribution in [2.75, 3.05) is 0 Å². The Balaban J connectivity index is 1.69. The summed E-state index contributed by atoms with van der Waals surface area (Å²) < 4.78 is 0. The smallest absolute Gasteiger partial charge is 0.0106 e. The van der Waals surface area contributed by atoms with E-state index in [0.29, 0.717) is 0 Å². The van der Waals surface area contributed by atoms with Gasteiger partial charge in [-0.2, -0.15) is 0 Å². The van der Waals surface area contributed by atoms with Crippen molar-refractivity contribution in [3.8, 4) is 0 Å². The van der Waals surface area contributed by atoms with E-state index in [0.717, 1.165) is 11.8 Å². The van der Waals surface area contributed by atoms with Crippen LogP contribution in [0.4, 0.5) is 0 Å². The molecule has 0 unspecified atom stereocenters. The molecule has 2 aliphatic rings. The lowest BCUT2D eigenvalue weighted by Gasteiger charge is -2.28. The van der Waals surface area contributed by atoms with E-state index < -0.39 is 0 Å². The largest absolute Gasteiger partial charge is 0.0533 e. The van der Waals surface area contributed by atoms with Crippen LogP contribution < -0.4 is 0 Å². The molecule has 0 aromatic rings. The molecule has 0 aromatic heterocycles. The van der Waals surface area contributed by atoms with Crippen molar-refractivity contribution in [3.05, 3.63) is 6.42 Å². The van der Waals surface area contributed by atoms with E-state index in [-0.39, 0.29) is 0 Å². The lowest BCUT2D eigenvalue weighted by Crippen LogP contribution is -2.15. The second-order valence-electron chi connectivity index (χ2n) is 4.84. The Labute approximate surface area is 83.1 Å². The molecule has 2 aliphatic carbocycles. The molecule has 2 radical (unpaired) electrons. The van der Waals surface area contributed by atoms with E-state index in [1.165, 1.54) is 64.2 Å². The van der Waals surface area contributed by atoms with Crippen LogP contribution >= 0.6 is 0 Å². The van der Waals surface area contributed by atoms with Crippen molar-refractivity contribution < 1.29 is 0 Å². The number of hydrogen-bond donors (Lipinski definition) is 0. The molecule has 2 fully saturated rings. The summed E-state index contributed by atoms with van der Waals surface area (Å²) >= 11 is 0. The van der Waals surface area contributed by atoms with Crippen LogP contribution in [0.3, 0.4) is 0 Å². The molecule has 0 saturated heterocycles. The quantitative estimate of drug-likeness (QED) is 0.593. The molecular weight excluding hydrogens is 156 g/mol. The third kappa shape index (κ3) is 3.00. The summed E-state index contributed by atoms with van der Waals surface area (Å²) in [7, 11) is 0. The van der Waals surface area contributed by atoms with Gasteiger partial charge in [0, 0.05) is 0 Å². The number of hydrogen-bond acceptors (Lipinski definition) is 0. The highest BCUT2D eigenvalue weighted by atomic mass is 14.3. The zero-order valence-corrected chi connectivity index (χ0v) is 8.73. The van der Waals surface area contributed by atoms with Crippen molar-refractivity contribution in [2.45, 2.75) is 64.2 Å². The Hall–Kier alpha value is 0. The third-order valence-electron chi connectivity index (χ3n) is 3.68. The zero-order valence-electron chi connectivity index (χ0n) is 8.73. The fraction of sp³-hybridized carbons (Fsp3) is 0.923. The topological polar surface area (TPSA) is 0 Å². The van der Waals surface area contributed by atoms with E-state index >= 15 is 0 Å². The van der Waals surface area contributed by atoms with Crippen LogP contribution in [0.25, 0.3) is 0 Å². The fourth-order valence-electron chi connectivity index (χ4n) is 2.87. The molecule has 0 aromatic carbocycles. The van der Waals surface area contributed by atoms with Gasteiger partial charge in [0.1, 0.15) is 0 Å². The molecule has 0 heterocycles. The van der Waals surface area contributed by atoms with Crippen molar-refractivity contribution in [3.63, 3.8) is 0 Å². The summed E-state index contributed by atoms with van der Waals surface area (Å²) in [4.78, 5) is 0. The molecule has 13 heavy (non-hydrogen) atoms. The van der Waals surface area contributed by atoms with Gasteiger partial charge in [0.25, 0.3) is 0 Å². The molecule has 0 spiro atoms. The predicted molar refractivity (Wildman–Crippen MR) is 56.4 cm³/mol. The van der Waals surface area contributed by atoms with Gasteiger partial charge in [0.05, 0.1) is 0 Å². The molecular formula is C13H22. The summed E-state index contributed by atoms with van der Waals surface area (Å²) in [6.07, 6.45) is 18.4. The van der Waals surface area contributed by atoms with Gasteiger partial charge in [-0.05, 0) is 43.9 Å². The van der Waals surface area contributed by atoms with Gasteiger partial charge >= 0.3 is 0 Å². The highest BCUT2D eigenvalue weighted by Crippen LogP contribution is 2.34.